The average Bonchev–Trinajstić information content (AvgIpc) is 3.36. The number of carbonyl (C=O) groups excluding carboxylic acids is 2. The summed E-state index contributed by atoms with van der Waals surface area (Å²) in [4.78, 5) is 29.1. The third-order valence-corrected chi connectivity index (χ3v) is 7.98. The molecule has 246 valence electrons. The Bertz CT molecular complexity index is 1820. The van der Waals surface area contributed by atoms with Gasteiger partial charge in [-0.05, 0) is 48.9 Å². The molecular formula is C30H31F4N5O4S3. The SMILES string of the molecule is CCN1C(=O)[C@@H](CC(=O)c2cccc(C(F)(F)F)c2)[C@@H](c2ccc(F)cc2)c2c(CNS(N)(=O)=O)nn(-c3ccccc3)c21.S.S. The zero-order valence-corrected chi connectivity index (χ0v) is 27.1. The topological polar surface area (TPSA) is 127 Å². The molecular weight excluding hydrogens is 667 g/mol. The van der Waals surface area contributed by atoms with Crippen molar-refractivity contribution >= 4 is 54.7 Å². The zero-order valence-electron chi connectivity index (χ0n) is 24.3. The van der Waals surface area contributed by atoms with E-state index in [0.29, 0.717) is 22.6 Å². The van der Waals surface area contributed by atoms with Crippen LogP contribution in [0.2, 0.25) is 0 Å². The molecule has 0 aliphatic carbocycles. The van der Waals surface area contributed by atoms with Gasteiger partial charge in [0.05, 0.1) is 29.4 Å². The van der Waals surface area contributed by atoms with Crippen LogP contribution in [0.25, 0.3) is 5.69 Å². The van der Waals surface area contributed by atoms with Gasteiger partial charge in [0, 0.05) is 30.0 Å². The van der Waals surface area contributed by atoms with Crippen molar-refractivity contribution in [2.24, 2.45) is 11.1 Å². The smallest absolute Gasteiger partial charge is 0.296 e. The van der Waals surface area contributed by atoms with Gasteiger partial charge in [0.2, 0.25) is 5.91 Å². The molecule has 2 atom stereocenters. The minimum atomic E-state index is -4.68. The standard InChI is InChI=1S/C30H27F4N5O4S.2H2S/c1-2-38-28-27(24(17-36-44(35,42)43)37-39(28)22-9-4-3-5-10-22)26(18-11-13-21(31)14-12-18)23(29(38)41)16-25(40)19-7-6-8-20(15-19)30(32,33)34;;/h3-15,23,26,36H,2,16-17H2,1H3,(H2,35,42,43);2*1H2/t23-,26+;;/m0../s1. The number of alkyl halides is 3. The third-order valence-electron chi connectivity index (χ3n) is 7.43. The number of rotatable bonds is 9. The highest BCUT2D eigenvalue weighted by Gasteiger charge is 2.46. The maximum atomic E-state index is 14.2. The number of nitrogens with two attached hydrogens (primary N) is 1. The van der Waals surface area contributed by atoms with Crippen LogP contribution >= 0.6 is 27.0 Å². The molecule has 2 heterocycles. The summed E-state index contributed by atoms with van der Waals surface area (Å²) in [6.45, 7) is 1.45. The van der Waals surface area contributed by atoms with Crippen LogP contribution in [0, 0.1) is 11.7 Å². The second-order valence-corrected chi connectivity index (χ2v) is 11.6. The van der Waals surface area contributed by atoms with Gasteiger partial charge in [-0.3, -0.25) is 14.5 Å². The first-order valence-electron chi connectivity index (χ1n) is 13.5. The monoisotopic (exact) mass is 697 g/mol. The molecule has 0 saturated carbocycles. The van der Waals surface area contributed by atoms with Crippen molar-refractivity contribution in [2.75, 3.05) is 11.4 Å². The summed E-state index contributed by atoms with van der Waals surface area (Å²) >= 11 is 0. The van der Waals surface area contributed by atoms with Gasteiger partial charge in [0.25, 0.3) is 10.2 Å². The van der Waals surface area contributed by atoms with Crippen molar-refractivity contribution in [3.63, 3.8) is 0 Å². The predicted molar refractivity (Wildman–Crippen MR) is 174 cm³/mol. The molecule has 16 heteroatoms. The quantitative estimate of drug-likeness (QED) is 0.189. The summed E-state index contributed by atoms with van der Waals surface area (Å²) in [5.74, 6) is -3.56. The zero-order chi connectivity index (χ0) is 31.8. The molecule has 0 saturated heterocycles. The molecule has 3 aromatic carbocycles. The lowest BCUT2D eigenvalue weighted by Crippen LogP contribution is -2.45. The fourth-order valence-electron chi connectivity index (χ4n) is 5.51. The van der Waals surface area contributed by atoms with Gasteiger partial charge in [-0.2, -0.15) is 58.4 Å². The molecule has 0 unspecified atom stereocenters. The molecule has 1 amide bonds. The van der Waals surface area contributed by atoms with Gasteiger partial charge in [-0.15, -0.1) is 0 Å². The highest BCUT2D eigenvalue weighted by molar-refractivity contribution is 7.87. The molecule has 9 nitrogen and oxygen atoms in total. The summed E-state index contributed by atoms with van der Waals surface area (Å²) in [7, 11) is -4.18. The first kappa shape index (κ1) is 36.8. The molecule has 1 aromatic heterocycles. The van der Waals surface area contributed by atoms with Gasteiger partial charge >= 0.3 is 6.18 Å². The lowest BCUT2D eigenvalue weighted by molar-refractivity contribution is -0.137. The summed E-state index contributed by atoms with van der Waals surface area (Å²) < 4.78 is 81.7. The highest BCUT2D eigenvalue weighted by atomic mass is 32.2. The van der Waals surface area contributed by atoms with E-state index >= 15 is 0 Å². The van der Waals surface area contributed by atoms with Crippen LogP contribution in [0.5, 0.6) is 0 Å². The van der Waals surface area contributed by atoms with E-state index in [-0.39, 0.29) is 51.3 Å². The molecule has 5 rings (SSSR count). The summed E-state index contributed by atoms with van der Waals surface area (Å²) in [5, 5.41) is 9.87. The van der Waals surface area contributed by atoms with Crippen molar-refractivity contribution in [3.05, 3.63) is 113 Å². The van der Waals surface area contributed by atoms with E-state index in [1.165, 1.54) is 39.9 Å². The molecule has 0 spiro atoms. The fraction of sp³-hybridized carbons (Fsp3) is 0.233. The number of amides is 1. The van der Waals surface area contributed by atoms with Gasteiger partial charge in [0.15, 0.2) is 5.78 Å². The number of carbonyl (C=O) groups is 2. The minimum Gasteiger partial charge on any atom is -0.296 e. The van der Waals surface area contributed by atoms with E-state index in [1.807, 2.05) is 0 Å². The van der Waals surface area contributed by atoms with Gasteiger partial charge in [-0.1, -0.05) is 42.5 Å². The van der Waals surface area contributed by atoms with Crippen molar-refractivity contribution < 1.29 is 35.6 Å². The number of para-hydroxylation sites is 1. The Hall–Kier alpha value is -3.70. The van der Waals surface area contributed by atoms with Crippen LogP contribution < -0.4 is 14.8 Å². The van der Waals surface area contributed by atoms with Crippen LogP contribution in [-0.4, -0.2) is 36.4 Å². The fourth-order valence-corrected chi connectivity index (χ4v) is 5.84. The number of ketones is 1. The number of aromatic nitrogens is 2. The van der Waals surface area contributed by atoms with Gasteiger partial charge in [-0.25, -0.2) is 14.2 Å². The van der Waals surface area contributed by atoms with Crippen LogP contribution in [0.1, 0.15) is 52.0 Å². The molecule has 4 aromatic rings. The van der Waals surface area contributed by atoms with Gasteiger partial charge in [0.1, 0.15) is 11.6 Å². The van der Waals surface area contributed by atoms with E-state index < -0.39 is 57.7 Å². The van der Waals surface area contributed by atoms with Gasteiger partial charge < -0.3 is 0 Å². The first-order valence-corrected chi connectivity index (χ1v) is 15.0. The average molecular weight is 698 g/mol. The van der Waals surface area contributed by atoms with E-state index in [9.17, 15) is 35.6 Å². The first-order chi connectivity index (χ1) is 20.8. The van der Waals surface area contributed by atoms with E-state index in [1.54, 1.807) is 37.3 Å². The Kier molecular flexibility index (Phi) is 11.5. The van der Waals surface area contributed by atoms with Crippen LogP contribution in [0.3, 0.4) is 0 Å². The Morgan fingerprint density at radius 2 is 1.65 bits per heavy atom. The molecule has 0 fully saturated rings. The second kappa shape index (κ2) is 14.4. The number of Topliss-reactive ketones (excluding diaryl/α,β-unsaturated/α-hetero) is 1. The maximum absolute atomic E-state index is 14.2. The lowest BCUT2D eigenvalue weighted by atomic mass is 9.74. The number of hydrogen-bond donors (Lipinski definition) is 2. The molecule has 46 heavy (non-hydrogen) atoms. The normalized spacial score (nSPS) is 16.3. The predicted octanol–water partition coefficient (Wildman–Crippen LogP) is 4.94. The van der Waals surface area contributed by atoms with Crippen molar-refractivity contribution in [1.29, 1.82) is 0 Å². The van der Waals surface area contributed by atoms with Crippen molar-refractivity contribution in [3.8, 4) is 5.69 Å². The van der Waals surface area contributed by atoms with Crippen LogP contribution in [-0.2, 0) is 27.7 Å². The van der Waals surface area contributed by atoms with Crippen LogP contribution in [0.15, 0.2) is 78.9 Å². The van der Waals surface area contributed by atoms with E-state index in [2.05, 4.69) is 9.82 Å². The summed E-state index contributed by atoms with van der Waals surface area (Å²) in [5.41, 5.74) is 0.313. The largest absolute Gasteiger partial charge is 0.416 e. The number of benzene rings is 3. The van der Waals surface area contributed by atoms with Crippen LogP contribution in [0.4, 0.5) is 23.4 Å². The second-order valence-electron chi connectivity index (χ2n) is 10.2. The Labute approximate surface area is 276 Å². The number of halogens is 4. The Balaban J connectivity index is 0.00000288. The minimum absolute atomic E-state index is 0. The molecule has 0 radical (unpaired) electrons. The number of hydrogen-bond acceptors (Lipinski definition) is 5. The summed E-state index contributed by atoms with van der Waals surface area (Å²) in [6.07, 6.45) is -5.17. The van der Waals surface area contributed by atoms with Crippen molar-refractivity contribution in [1.82, 2.24) is 14.5 Å². The molecule has 1 aliphatic rings. The number of anilines is 1. The molecule has 3 N–H and O–H groups in total. The number of nitrogens with one attached hydrogen (secondary N) is 1. The molecule has 0 bridgehead atoms. The molecule has 1 aliphatic heterocycles. The number of fused-ring (bicyclic) bond motifs is 1. The Morgan fingerprint density at radius 1 is 1.00 bits per heavy atom. The van der Waals surface area contributed by atoms with Crippen molar-refractivity contribution in [2.45, 2.75) is 32.0 Å². The number of nitrogens with zero attached hydrogens (tertiary/aromatic N) is 3. The van der Waals surface area contributed by atoms with E-state index in [4.69, 9.17) is 5.14 Å². The third kappa shape index (κ3) is 7.63. The summed E-state index contributed by atoms with van der Waals surface area (Å²) in [6, 6.07) is 17.9. The highest BCUT2D eigenvalue weighted by Crippen LogP contribution is 2.47. The maximum Gasteiger partial charge on any atom is 0.416 e. The Morgan fingerprint density at radius 3 is 2.24 bits per heavy atom. The lowest BCUT2D eigenvalue weighted by Gasteiger charge is -2.38. The van der Waals surface area contributed by atoms with E-state index in [0.717, 1.165) is 18.2 Å².